The summed E-state index contributed by atoms with van der Waals surface area (Å²) in [5.74, 6) is 0.827. The van der Waals surface area contributed by atoms with E-state index in [1.165, 1.54) is 0 Å². The summed E-state index contributed by atoms with van der Waals surface area (Å²) in [6.45, 7) is 0. The van der Waals surface area contributed by atoms with Gasteiger partial charge in [-0.1, -0.05) is 30.0 Å². The van der Waals surface area contributed by atoms with E-state index in [9.17, 15) is 4.79 Å². The van der Waals surface area contributed by atoms with Crippen LogP contribution in [0.2, 0.25) is 0 Å². The number of fused-ring (bicyclic) bond motifs is 1. The third-order valence-corrected chi connectivity index (χ3v) is 4.47. The summed E-state index contributed by atoms with van der Waals surface area (Å²) in [7, 11) is 3.45. The first kappa shape index (κ1) is 13.8. The average molecular weight is 297 g/mol. The minimum Gasteiger partial charge on any atom is -0.497 e. The van der Waals surface area contributed by atoms with E-state index in [0.717, 1.165) is 26.4 Å². The first-order valence-corrected chi connectivity index (χ1v) is 7.41. The predicted octanol–water partition coefficient (Wildman–Crippen LogP) is 3.70. The van der Waals surface area contributed by atoms with Gasteiger partial charge in [0, 0.05) is 28.3 Å². The smallest absolute Gasteiger partial charge is 0.251 e. The van der Waals surface area contributed by atoms with Gasteiger partial charge in [-0.3, -0.25) is 4.79 Å². The highest BCUT2D eigenvalue weighted by atomic mass is 32.2. The molecule has 1 aromatic heterocycles. The molecule has 0 N–H and O–H groups in total. The maximum absolute atomic E-state index is 12.1. The lowest BCUT2D eigenvalue weighted by molar-refractivity contribution is 0.414. The van der Waals surface area contributed by atoms with Crippen molar-refractivity contribution in [2.24, 2.45) is 7.05 Å². The molecule has 1 heterocycles. The Hall–Kier alpha value is -2.20. The monoisotopic (exact) mass is 297 g/mol. The molecule has 2 aromatic carbocycles. The maximum Gasteiger partial charge on any atom is 0.251 e. The van der Waals surface area contributed by atoms with Crippen LogP contribution >= 0.6 is 11.8 Å². The van der Waals surface area contributed by atoms with Crippen LogP contribution in [0, 0.1) is 0 Å². The molecule has 0 bridgehead atoms. The van der Waals surface area contributed by atoms with E-state index < -0.39 is 0 Å². The van der Waals surface area contributed by atoms with Crippen molar-refractivity contribution in [3.05, 3.63) is 65.0 Å². The normalized spacial score (nSPS) is 10.8. The average Bonchev–Trinajstić information content (AvgIpc) is 2.53. The molecule has 0 saturated carbocycles. The van der Waals surface area contributed by atoms with Crippen LogP contribution in [-0.2, 0) is 7.05 Å². The van der Waals surface area contributed by atoms with Crippen LogP contribution in [0.15, 0.2) is 69.2 Å². The second-order valence-corrected chi connectivity index (χ2v) is 5.82. The zero-order chi connectivity index (χ0) is 14.8. The van der Waals surface area contributed by atoms with Gasteiger partial charge in [-0.25, -0.2) is 0 Å². The minimum absolute atomic E-state index is 0.00436. The first-order valence-electron chi connectivity index (χ1n) is 6.60. The topological polar surface area (TPSA) is 31.2 Å². The summed E-state index contributed by atoms with van der Waals surface area (Å²) in [4.78, 5) is 14.1. The Bertz CT molecular complexity index is 838. The maximum atomic E-state index is 12.1. The molecule has 0 amide bonds. The number of methoxy groups -OCH3 is 1. The number of nitrogens with zero attached hydrogens (tertiary/aromatic N) is 1. The van der Waals surface area contributed by atoms with Crippen molar-refractivity contribution in [1.29, 1.82) is 0 Å². The van der Waals surface area contributed by atoms with Crippen molar-refractivity contribution in [2.75, 3.05) is 7.11 Å². The number of aryl methyl sites for hydroxylation is 1. The molecule has 21 heavy (non-hydrogen) atoms. The van der Waals surface area contributed by atoms with E-state index in [1.54, 1.807) is 36.6 Å². The van der Waals surface area contributed by atoms with Crippen LogP contribution in [0.1, 0.15) is 0 Å². The molecule has 0 aliphatic heterocycles. The van der Waals surface area contributed by atoms with Gasteiger partial charge in [-0.15, -0.1) is 0 Å². The van der Waals surface area contributed by atoms with Gasteiger partial charge in [0.2, 0.25) is 0 Å². The Kier molecular flexibility index (Phi) is 3.71. The molecule has 0 saturated heterocycles. The highest BCUT2D eigenvalue weighted by molar-refractivity contribution is 7.99. The number of pyridine rings is 1. The molecule has 3 nitrogen and oxygen atoms in total. The fourth-order valence-corrected chi connectivity index (χ4v) is 3.20. The third kappa shape index (κ3) is 2.67. The Morgan fingerprint density at radius 1 is 1.05 bits per heavy atom. The molecule has 0 radical (unpaired) electrons. The second kappa shape index (κ2) is 5.66. The van der Waals surface area contributed by atoms with E-state index in [4.69, 9.17) is 4.74 Å². The highest BCUT2D eigenvalue weighted by Crippen LogP contribution is 2.33. The number of para-hydroxylation sites is 1. The standard InChI is InChI=1S/C17H15NO2S/c1-18-15-6-4-3-5-14(15)16(11-17(18)19)21-13-9-7-12(20-2)8-10-13/h3-11H,1-2H3. The quantitative estimate of drug-likeness (QED) is 0.738. The van der Waals surface area contributed by atoms with Crippen LogP contribution in [-0.4, -0.2) is 11.7 Å². The highest BCUT2D eigenvalue weighted by Gasteiger charge is 2.07. The molecule has 4 heteroatoms. The molecule has 0 aliphatic rings. The van der Waals surface area contributed by atoms with Gasteiger partial charge in [0.15, 0.2) is 0 Å². The molecule has 106 valence electrons. The summed E-state index contributed by atoms with van der Waals surface area (Å²) in [5.41, 5.74) is 0.950. The van der Waals surface area contributed by atoms with Crippen LogP contribution in [0.5, 0.6) is 5.75 Å². The lowest BCUT2D eigenvalue weighted by Gasteiger charge is -2.10. The number of rotatable bonds is 3. The molecule has 0 unspecified atom stereocenters. The van der Waals surface area contributed by atoms with E-state index in [2.05, 4.69) is 0 Å². The predicted molar refractivity (Wildman–Crippen MR) is 86.3 cm³/mol. The van der Waals surface area contributed by atoms with Crippen LogP contribution in [0.3, 0.4) is 0 Å². The molecule has 3 rings (SSSR count). The summed E-state index contributed by atoms with van der Waals surface area (Å²) in [6.07, 6.45) is 0. The molecular formula is C17H15NO2S. The fraction of sp³-hybridized carbons (Fsp3) is 0.118. The van der Waals surface area contributed by atoms with Crippen molar-refractivity contribution in [3.63, 3.8) is 0 Å². The molecular weight excluding hydrogens is 282 g/mol. The van der Waals surface area contributed by atoms with Crippen molar-refractivity contribution in [2.45, 2.75) is 9.79 Å². The van der Waals surface area contributed by atoms with Gasteiger partial charge >= 0.3 is 0 Å². The van der Waals surface area contributed by atoms with Crippen molar-refractivity contribution in [3.8, 4) is 5.75 Å². The van der Waals surface area contributed by atoms with Gasteiger partial charge in [-0.05, 0) is 30.3 Å². The Morgan fingerprint density at radius 3 is 2.48 bits per heavy atom. The van der Waals surface area contributed by atoms with Crippen molar-refractivity contribution in [1.82, 2.24) is 4.57 Å². The largest absolute Gasteiger partial charge is 0.497 e. The Balaban J connectivity index is 2.07. The summed E-state index contributed by atoms with van der Waals surface area (Å²) in [5, 5.41) is 1.08. The van der Waals surface area contributed by atoms with Crippen LogP contribution in [0.25, 0.3) is 10.9 Å². The number of hydrogen-bond acceptors (Lipinski definition) is 3. The lowest BCUT2D eigenvalue weighted by atomic mass is 10.2. The number of hydrogen-bond donors (Lipinski definition) is 0. The van der Waals surface area contributed by atoms with Gasteiger partial charge in [0.1, 0.15) is 5.75 Å². The van der Waals surface area contributed by atoms with Gasteiger partial charge in [0.25, 0.3) is 5.56 Å². The molecule has 0 atom stereocenters. The summed E-state index contributed by atoms with van der Waals surface area (Å²) >= 11 is 1.59. The van der Waals surface area contributed by atoms with E-state index in [-0.39, 0.29) is 5.56 Å². The lowest BCUT2D eigenvalue weighted by Crippen LogP contribution is -2.15. The second-order valence-electron chi connectivity index (χ2n) is 4.70. The van der Waals surface area contributed by atoms with E-state index in [1.807, 2.05) is 48.5 Å². The SMILES string of the molecule is COc1ccc(Sc2cc(=O)n(C)c3ccccc23)cc1. The fourth-order valence-electron chi connectivity index (χ4n) is 2.24. The van der Waals surface area contributed by atoms with E-state index >= 15 is 0 Å². The Morgan fingerprint density at radius 2 is 1.76 bits per heavy atom. The van der Waals surface area contributed by atoms with Crippen molar-refractivity contribution >= 4 is 22.7 Å². The van der Waals surface area contributed by atoms with Gasteiger partial charge in [0.05, 0.1) is 12.6 Å². The zero-order valence-corrected chi connectivity index (χ0v) is 12.7. The summed E-state index contributed by atoms with van der Waals surface area (Å²) in [6, 6.07) is 17.5. The molecule has 0 aliphatic carbocycles. The number of benzene rings is 2. The first-order chi connectivity index (χ1) is 10.2. The van der Waals surface area contributed by atoms with Gasteiger partial charge < -0.3 is 9.30 Å². The number of ether oxygens (including phenoxy) is 1. The third-order valence-electron chi connectivity index (χ3n) is 3.40. The minimum atomic E-state index is 0.00436. The molecule has 3 aromatic rings. The van der Waals surface area contributed by atoms with Crippen LogP contribution in [0.4, 0.5) is 0 Å². The van der Waals surface area contributed by atoms with Crippen LogP contribution < -0.4 is 10.3 Å². The molecule has 0 fully saturated rings. The zero-order valence-electron chi connectivity index (χ0n) is 11.9. The number of aromatic nitrogens is 1. The summed E-state index contributed by atoms with van der Waals surface area (Å²) < 4.78 is 6.84. The van der Waals surface area contributed by atoms with Crippen molar-refractivity contribution < 1.29 is 4.74 Å². The molecule has 0 spiro atoms. The van der Waals surface area contributed by atoms with E-state index in [0.29, 0.717) is 0 Å². The van der Waals surface area contributed by atoms with Gasteiger partial charge in [-0.2, -0.15) is 0 Å². The Labute approximate surface area is 127 Å².